The van der Waals surface area contributed by atoms with E-state index in [4.69, 9.17) is 42.1 Å². The molecule has 0 bridgehead atoms. The van der Waals surface area contributed by atoms with Crippen LogP contribution in [0.25, 0.3) is 6.08 Å². The van der Waals surface area contributed by atoms with Gasteiger partial charge in [-0.1, -0.05) is 41.4 Å². The smallest absolute Gasteiger partial charge is 0.271 e. The number of amides is 2. The molecule has 0 atom stereocenters. The van der Waals surface area contributed by atoms with Gasteiger partial charge in [-0.3, -0.25) is 14.5 Å². The largest absolute Gasteiger partial charge is 0.493 e. The summed E-state index contributed by atoms with van der Waals surface area (Å²) in [6, 6.07) is 17.4. The fraction of sp³-hybridized carbons (Fsp3) is 0.167. The number of fused-ring (bicyclic) bond motifs is 1. The van der Waals surface area contributed by atoms with E-state index >= 15 is 0 Å². The summed E-state index contributed by atoms with van der Waals surface area (Å²) in [4.78, 5) is 27.7. The highest BCUT2D eigenvalue weighted by Crippen LogP contribution is 2.35. The number of imide groups is 1. The van der Waals surface area contributed by atoms with E-state index in [-0.39, 0.29) is 31.1 Å². The van der Waals surface area contributed by atoms with Crippen molar-refractivity contribution in [3.8, 4) is 29.1 Å². The molecule has 0 radical (unpaired) electrons. The highest BCUT2D eigenvalue weighted by atomic mass is 35.5. The Labute approximate surface area is 240 Å². The first-order valence-corrected chi connectivity index (χ1v) is 12.9. The van der Waals surface area contributed by atoms with Crippen LogP contribution in [0.2, 0.25) is 10.0 Å². The SMILES string of the molecule is COc1cc(/C=C2/C(=O)N(Cc3ccc4c(c3)OCO4)C(=O)C(C#N)=C2C)ccc1OCc1ccc(Cl)cc1Cl. The normalized spacial score (nSPS) is 15.5. The fourth-order valence-electron chi connectivity index (χ4n) is 4.35. The average molecular weight is 577 g/mol. The highest BCUT2D eigenvalue weighted by molar-refractivity contribution is 6.35. The van der Waals surface area contributed by atoms with Crippen molar-refractivity contribution in [2.75, 3.05) is 13.9 Å². The number of nitriles is 1. The molecule has 0 saturated heterocycles. The summed E-state index contributed by atoms with van der Waals surface area (Å²) >= 11 is 12.2. The number of halogens is 2. The van der Waals surface area contributed by atoms with Crippen LogP contribution in [-0.4, -0.2) is 30.6 Å². The Bertz CT molecular complexity index is 1640. The van der Waals surface area contributed by atoms with Crippen molar-refractivity contribution >= 4 is 41.1 Å². The number of carbonyl (C=O) groups is 2. The zero-order valence-corrected chi connectivity index (χ0v) is 23.0. The van der Waals surface area contributed by atoms with Gasteiger partial charge in [-0.05, 0) is 66.1 Å². The Morgan fingerprint density at radius 3 is 2.55 bits per heavy atom. The van der Waals surface area contributed by atoms with E-state index in [1.165, 1.54) is 7.11 Å². The van der Waals surface area contributed by atoms with Crippen LogP contribution in [0.15, 0.2) is 71.3 Å². The van der Waals surface area contributed by atoms with Crippen molar-refractivity contribution in [1.29, 1.82) is 5.26 Å². The molecule has 0 aliphatic carbocycles. The Balaban J connectivity index is 1.42. The molecule has 2 heterocycles. The molecule has 3 aromatic rings. The minimum atomic E-state index is -0.651. The Kier molecular flexibility index (Phi) is 7.69. The average Bonchev–Trinajstić information content (AvgIpc) is 3.41. The third kappa shape index (κ3) is 5.34. The van der Waals surface area contributed by atoms with E-state index in [1.807, 2.05) is 6.07 Å². The summed E-state index contributed by atoms with van der Waals surface area (Å²) in [5.41, 5.74) is 2.45. The fourth-order valence-corrected chi connectivity index (χ4v) is 4.81. The summed E-state index contributed by atoms with van der Waals surface area (Å²) in [5, 5.41) is 10.7. The monoisotopic (exact) mass is 576 g/mol. The molecule has 2 amide bonds. The Hall–Kier alpha value is -4.45. The third-order valence-electron chi connectivity index (χ3n) is 6.50. The van der Waals surface area contributed by atoms with E-state index in [9.17, 15) is 14.9 Å². The molecule has 2 aliphatic rings. The van der Waals surface area contributed by atoms with Gasteiger partial charge >= 0.3 is 0 Å². The summed E-state index contributed by atoms with van der Waals surface area (Å²) < 4.78 is 22.2. The van der Waals surface area contributed by atoms with Gasteiger partial charge in [-0.2, -0.15) is 5.26 Å². The second-order valence-corrected chi connectivity index (χ2v) is 9.83. The van der Waals surface area contributed by atoms with Gasteiger partial charge in [-0.25, -0.2) is 0 Å². The van der Waals surface area contributed by atoms with Crippen molar-refractivity contribution in [2.45, 2.75) is 20.1 Å². The molecule has 10 heteroatoms. The molecule has 0 fully saturated rings. The van der Waals surface area contributed by atoms with Gasteiger partial charge in [0.25, 0.3) is 11.8 Å². The standard InChI is InChI=1S/C30H22Cl2N2O6/c1-17-22(9-18-3-7-25(27(10-18)37-2)38-15-20-5-6-21(31)12-24(20)32)29(35)34(30(36)23(17)13-33)14-19-4-8-26-28(11-19)40-16-39-26/h3-12H,14-16H2,1-2H3/b22-9+. The van der Waals surface area contributed by atoms with Gasteiger partial charge in [-0.15, -0.1) is 0 Å². The second kappa shape index (κ2) is 11.3. The molecule has 3 aromatic carbocycles. The zero-order valence-electron chi connectivity index (χ0n) is 21.5. The molecule has 0 N–H and O–H groups in total. The van der Waals surface area contributed by atoms with Gasteiger partial charge in [0, 0.05) is 21.2 Å². The number of carbonyl (C=O) groups excluding carboxylic acids is 2. The van der Waals surface area contributed by atoms with Gasteiger partial charge in [0.05, 0.1) is 13.7 Å². The highest BCUT2D eigenvalue weighted by Gasteiger charge is 2.35. The third-order valence-corrected chi connectivity index (χ3v) is 7.09. The lowest BCUT2D eigenvalue weighted by Gasteiger charge is -2.27. The molecule has 0 saturated carbocycles. The minimum absolute atomic E-state index is 0.0343. The van der Waals surface area contributed by atoms with E-state index in [0.29, 0.717) is 49.7 Å². The number of benzene rings is 3. The van der Waals surface area contributed by atoms with Gasteiger partial charge < -0.3 is 18.9 Å². The molecule has 0 spiro atoms. The van der Waals surface area contributed by atoms with Crippen LogP contribution >= 0.6 is 23.2 Å². The first-order valence-electron chi connectivity index (χ1n) is 12.1. The predicted octanol–water partition coefficient (Wildman–Crippen LogP) is 6.10. The lowest BCUT2D eigenvalue weighted by Crippen LogP contribution is -2.42. The number of methoxy groups -OCH3 is 1. The van der Waals surface area contributed by atoms with E-state index < -0.39 is 11.8 Å². The molecule has 0 unspecified atom stereocenters. The first-order chi connectivity index (χ1) is 19.3. The maximum absolute atomic E-state index is 13.5. The topological polar surface area (TPSA) is 98.1 Å². The molecule has 2 aliphatic heterocycles. The van der Waals surface area contributed by atoms with Crippen LogP contribution in [0, 0.1) is 11.3 Å². The van der Waals surface area contributed by atoms with E-state index in [0.717, 1.165) is 10.5 Å². The second-order valence-electron chi connectivity index (χ2n) is 8.99. The number of hydrogen-bond acceptors (Lipinski definition) is 7. The molecule has 5 rings (SSSR count). The number of ether oxygens (including phenoxy) is 4. The molecule has 202 valence electrons. The van der Waals surface area contributed by atoms with E-state index in [1.54, 1.807) is 67.6 Å². The van der Waals surface area contributed by atoms with Gasteiger partial charge in [0.1, 0.15) is 18.2 Å². The maximum atomic E-state index is 13.5. The lowest BCUT2D eigenvalue weighted by atomic mass is 9.93. The number of nitrogens with zero attached hydrogens (tertiary/aromatic N) is 2. The van der Waals surface area contributed by atoms with Gasteiger partial charge in [0.15, 0.2) is 23.0 Å². The molecule has 8 nitrogen and oxygen atoms in total. The van der Waals surface area contributed by atoms with Crippen LogP contribution in [0.3, 0.4) is 0 Å². The summed E-state index contributed by atoms with van der Waals surface area (Å²) in [6.45, 7) is 1.85. The van der Waals surface area contributed by atoms with Crippen LogP contribution < -0.4 is 18.9 Å². The van der Waals surface area contributed by atoms with Crippen molar-refractivity contribution in [3.05, 3.63) is 98.1 Å². The van der Waals surface area contributed by atoms with Crippen LogP contribution in [-0.2, 0) is 22.7 Å². The van der Waals surface area contributed by atoms with E-state index in [2.05, 4.69) is 0 Å². The number of hydrogen-bond donors (Lipinski definition) is 0. The molecule has 0 aromatic heterocycles. The van der Waals surface area contributed by atoms with Crippen molar-refractivity contribution < 1.29 is 28.5 Å². The van der Waals surface area contributed by atoms with Crippen molar-refractivity contribution in [3.63, 3.8) is 0 Å². The van der Waals surface area contributed by atoms with Crippen molar-refractivity contribution in [2.24, 2.45) is 0 Å². The summed E-state index contributed by atoms with van der Waals surface area (Å²) in [6.07, 6.45) is 1.62. The number of rotatable bonds is 7. The Morgan fingerprint density at radius 2 is 1.80 bits per heavy atom. The predicted molar refractivity (Wildman–Crippen MR) is 148 cm³/mol. The molecular weight excluding hydrogens is 555 g/mol. The zero-order chi connectivity index (χ0) is 28.4. The quantitative estimate of drug-likeness (QED) is 0.247. The Morgan fingerprint density at radius 1 is 1.00 bits per heavy atom. The van der Waals surface area contributed by atoms with Gasteiger partial charge in [0.2, 0.25) is 6.79 Å². The van der Waals surface area contributed by atoms with Crippen LogP contribution in [0.5, 0.6) is 23.0 Å². The molecular formula is C30H22Cl2N2O6. The maximum Gasteiger partial charge on any atom is 0.271 e. The van der Waals surface area contributed by atoms with Crippen LogP contribution in [0.1, 0.15) is 23.6 Å². The summed E-state index contributed by atoms with van der Waals surface area (Å²) in [7, 11) is 1.50. The molecule has 40 heavy (non-hydrogen) atoms. The summed E-state index contributed by atoms with van der Waals surface area (Å²) in [5.74, 6) is 0.850. The van der Waals surface area contributed by atoms with Crippen molar-refractivity contribution in [1.82, 2.24) is 4.90 Å². The first kappa shape index (κ1) is 27.1. The van der Waals surface area contributed by atoms with Crippen LogP contribution in [0.4, 0.5) is 0 Å². The lowest BCUT2D eigenvalue weighted by molar-refractivity contribution is -0.141. The minimum Gasteiger partial charge on any atom is -0.493 e.